The molecular weight excluding hydrogens is 415 g/mol. The Morgan fingerprint density at radius 2 is 2.00 bits per heavy atom. The van der Waals surface area contributed by atoms with E-state index in [1.54, 1.807) is 12.1 Å². The molecule has 10 heteroatoms. The van der Waals surface area contributed by atoms with Gasteiger partial charge in [-0.05, 0) is 43.9 Å². The minimum Gasteiger partial charge on any atom is -0.406 e. The second kappa shape index (κ2) is 12.1. The zero-order valence-corrected chi connectivity index (χ0v) is 17.7. The maximum absolute atomic E-state index is 12.3. The SMILES string of the molecule is CCNC(=NCC1(CCO)CCOC1)NCC(CO)Cc1ccc(OC(F)(F)F)cc1. The van der Waals surface area contributed by atoms with E-state index in [0.29, 0.717) is 51.6 Å². The molecule has 0 aromatic heterocycles. The monoisotopic (exact) mass is 447 g/mol. The molecule has 0 radical (unpaired) electrons. The van der Waals surface area contributed by atoms with E-state index < -0.39 is 6.36 Å². The van der Waals surface area contributed by atoms with Crippen LogP contribution in [0.5, 0.6) is 5.75 Å². The molecule has 31 heavy (non-hydrogen) atoms. The van der Waals surface area contributed by atoms with Crippen LogP contribution in [-0.4, -0.2) is 68.6 Å². The number of guanidine groups is 1. The second-order valence-electron chi connectivity index (χ2n) is 7.80. The topological polar surface area (TPSA) is 95.3 Å². The van der Waals surface area contributed by atoms with Crippen molar-refractivity contribution in [3.8, 4) is 5.75 Å². The number of ether oxygens (including phenoxy) is 2. The van der Waals surface area contributed by atoms with E-state index in [-0.39, 0.29) is 30.3 Å². The summed E-state index contributed by atoms with van der Waals surface area (Å²) in [6, 6.07) is 5.64. The van der Waals surface area contributed by atoms with Crippen molar-refractivity contribution in [1.82, 2.24) is 10.6 Å². The Kier molecular flexibility index (Phi) is 9.86. The predicted molar refractivity (Wildman–Crippen MR) is 111 cm³/mol. The molecule has 0 spiro atoms. The number of hydrogen-bond acceptors (Lipinski definition) is 5. The number of benzene rings is 1. The van der Waals surface area contributed by atoms with Crippen LogP contribution >= 0.6 is 0 Å². The molecule has 0 aliphatic carbocycles. The summed E-state index contributed by atoms with van der Waals surface area (Å²) in [5.41, 5.74) is 0.635. The summed E-state index contributed by atoms with van der Waals surface area (Å²) >= 11 is 0. The molecule has 0 bridgehead atoms. The van der Waals surface area contributed by atoms with Gasteiger partial charge in [-0.15, -0.1) is 13.2 Å². The number of alkyl halides is 3. The summed E-state index contributed by atoms with van der Waals surface area (Å²) < 4.78 is 46.2. The van der Waals surface area contributed by atoms with E-state index in [1.165, 1.54) is 12.1 Å². The lowest BCUT2D eigenvalue weighted by Crippen LogP contribution is -2.42. The number of aliphatic hydroxyl groups excluding tert-OH is 2. The standard InChI is InChI=1S/C21H32F3N3O4/c1-2-25-19(27-14-20(7-9-28)8-10-30-15-20)26-12-17(13-29)11-16-3-5-18(6-4-16)31-21(22,23)24/h3-6,17,28-29H,2,7-15H2,1H3,(H2,25,26,27). The quantitative estimate of drug-likeness (QED) is 0.307. The van der Waals surface area contributed by atoms with Crippen LogP contribution in [0.3, 0.4) is 0 Å². The minimum atomic E-state index is -4.72. The Morgan fingerprint density at radius 3 is 2.55 bits per heavy atom. The van der Waals surface area contributed by atoms with E-state index >= 15 is 0 Å². The van der Waals surface area contributed by atoms with Gasteiger partial charge in [0.1, 0.15) is 5.75 Å². The molecule has 0 amide bonds. The fourth-order valence-corrected chi connectivity index (χ4v) is 3.48. The fourth-order valence-electron chi connectivity index (χ4n) is 3.48. The molecule has 1 aromatic rings. The smallest absolute Gasteiger partial charge is 0.406 e. The van der Waals surface area contributed by atoms with Gasteiger partial charge in [0.25, 0.3) is 0 Å². The highest BCUT2D eigenvalue weighted by atomic mass is 19.4. The van der Waals surface area contributed by atoms with Crippen LogP contribution in [0.2, 0.25) is 0 Å². The highest BCUT2D eigenvalue weighted by molar-refractivity contribution is 5.79. The summed E-state index contributed by atoms with van der Waals surface area (Å²) in [5.74, 6) is 0.183. The molecule has 176 valence electrons. The van der Waals surface area contributed by atoms with Crippen LogP contribution in [0.25, 0.3) is 0 Å². The van der Waals surface area contributed by atoms with Crippen LogP contribution in [0.1, 0.15) is 25.3 Å². The zero-order chi connectivity index (χ0) is 22.7. The molecule has 0 saturated carbocycles. The molecule has 1 heterocycles. The van der Waals surface area contributed by atoms with Crippen LogP contribution < -0.4 is 15.4 Å². The highest BCUT2D eigenvalue weighted by Gasteiger charge is 2.34. The van der Waals surface area contributed by atoms with Gasteiger partial charge in [0, 0.05) is 44.2 Å². The number of nitrogens with one attached hydrogen (secondary N) is 2. The average Bonchev–Trinajstić information content (AvgIpc) is 3.18. The molecule has 1 saturated heterocycles. The summed E-state index contributed by atoms with van der Waals surface area (Å²) in [6.45, 7) is 4.81. The Labute approximate surface area is 180 Å². The number of halogens is 3. The maximum atomic E-state index is 12.3. The number of aliphatic imine (C=N–C) groups is 1. The van der Waals surface area contributed by atoms with Gasteiger partial charge in [-0.1, -0.05) is 12.1 Å². The van der Waals surface area contributed by atoms with Gasteiger partial charge in [-0.2, -0.15) is 0 Å². The van der Waals surface area contributed by atoms with Crippen molar-refractivity contribution in [2.45, 2.75) is 32.5 Å². The van der Waals surface area contributed by atoms with E-state index in [9.17, 15) is 23.4 Å². The molecule has 2 unspecified atom stereocenters. The molecule has 2 rings (SSSR count). The van der Waals surface area contributed by atoms with Gasteiger partial charge >= 0.3 is 6.36 Å². The number of rotatable bonds is 11. The van der Waals surface area contributed by atoms with E-state index in [1.807, 2.05) is 6.92 Å². The van der Waals surface area contributed by atoms with Crippen LogP contribution in [0.4, 0.5) is 13.2 Å². The van der Waals surface area contributed by atoms with Crippen molar-refractivity contribution in [3.63, 3.8) is 0 Å². The van der Waals surface area contributed by atoms with Crippen molar-refractivity contribution < 1.29 is 32.9 Å². The lowest BCUT2D eigenvalue weighted by atomic mass is 9.84. The fraction of sp³-hybridized carbons (Fsp3) is 0.667. The third-order valence-electron chi connectivity index (χ3n) is 5.24. The molecule has 4 N–H and O–H groups in total. The summed E-state index contributed by atoms with van der Waals surface area (Å²) in [6.07, 6.45) is -2.76. The zero-order valence-electron chi connectivity index (χ0n) is 17.7. The summed E-state index contributed by atoms with van der Waals surface area (Å²) in [4.78, 5) is 4.64. The Hall–Kier alpha value is -2.04. The molecular formula is C21H32F3N3O4. The average molecular weight is 447 g/mol. The van der Waals surface area contributed by atoms with Gasteiger partial charge in [-0.3, -0.25) is 4.99 Å². The van der Waals surface area contributed by atoms with E-state index in [2.05, 4.69) is 20.4 Å². The van der Waals surface area contributed by atoms with Gasteiger partial charge in [-0.25, -0.2) is 0 Å². The van der Waals surface area contributed by atoms with Crippen molar-refractivity contribution >= 4 is 5.96 Å². The van der Waals surface area contributed by atoms with Crippen LogP contribution in [0, 0.1) is 11.3 Å². The Balaban J connectivity index is 1.92. The first-order valence-electron chi connectivity index (χ1n) is 10.5. The van der Waals surface area contributed by atoms with Crippen molar-refractivity contribution in [2.24, 2.45) is 16.3 Å². The Bertz CT molecular complexity index is 677. The molecule has 2 atom stereocenters. The van der Waals surface area contributed by atoms with Crippen LogP contribution in [-0.2, 0) is 11.2 Å². The van der Waals surface area contributed by atoms with Crippen LogP contribution in [0.15, 0.2) is 29.3 Å². The largest absolute Gasteiger partial charge is 0.573 e. The normalized spacial score (nSPS) is 20.5. The van der Waals surface area contributed by atoms with Gasteiger partial charge in [0.05, 0.1) is 13.2 Å². The molecule has 1 aliphatic rings. The third-order valence-corrected chi connectivity index (χ3v) is 5.24. The second-order valence-corrected chi connectivity index (χ2v) is 7.80. The Morgan fingerprint density at radius 1 is 1.26 bits per heavy atom. The van der Waals surface area contributed by atoms with Gasteiger partial charge < -0.3 is 30.3 Å². The molecule has 1 aliphatic heterocycles. The molecule has 7 nitrogen and oxygen atoms in total. The lowest BCUT2D eigenvalue weighted by Gasteiger charge is -2.25. The minimum absolute atomic E-state index is 0.0856. The first-order valence-corrected chi connectivity index (χ1v) is 10.5. The first-order chi connectivity index (χ1) is 14.8. The number of nitrogens with zero attached hydrogens (tertiary/aromatic N) is 1. The van der Waals surface area contributed by atoms with Crippen molar-refractivity contribution in [1.29, 1.82) is 0 Å². The highest BCUT2D eigenvalue weighted by Crippen LogP contribution is 2.32. The summed E-state index contributed by atoms with van der Waals surface area (Å²) in [7, 11) is 0. The van der Waals surface area contributed by atoms with Crippen molar-refractivity contribution in [3.05, 3.63) is 29.8 Å². The predicted octanol–water partition coefficient (Wildman–Crippen LogP) is 2.08. The maximum Gasteiger partial charge on any atom is 0.573 e. The lowest BCUT2D eigenvalue weighted by molar-refractivity contribution is -0.274. The van der Waals surface area contributed by atoms with E-state index in [4.69, 9.17) is 4.74 Å². The van der Waals surface area contributed by atoms with Gasteiger partial charge in [0.2, 0.25) is 0 Å². The number of hydrogen-bond donors (Lipinski definition) is 4. The molecule has 1 aromatic carbocycles. The molecule has 1 fully saturated rings. The third kappa shape index (κ3) is 8.92. The van der Waals surface area contributed by atoms with Gasteiger partial charge in [0.15, 0.2) is 5.96 Å². The van der Waals surface area contributed by atoms with E-state index in [0.717, 1.165) is 12.0 Å². The van der Waals surface area contributed by atoms with Crippen molar-refractivity contribution in [2.75, 3.05) is 46.1 Å². The number of aliphatic hydroxyl groups is 2. The first kappa shape index (κ1) is 25.2. The summed E-state index contributed by atoms with van der Waals surface area (Å²) in [5, 5.41) is 25.5.